The summed E-state index contributed by atoms with van der Waals surface area (Å²) in [5.41, 5.74) is 2.84. The third-order valence-corrected chi connectivity index (χ3v) is 5.55. The van der Waals surface area contributed by atoms with Gasteiger partial charge >= 0.3 is 0 Å². The highest BCUT2D eigenvalue weighted by molar-refractivity contribution is 5.94. The van der Waals surface area contributed by atoms with Crippen molar-refractivity contribution in [3.8, 4) is 11.4 Å². The molecule has 1 aliphatic carbocycles. The Balaban J connectivity index is 1.22. The van der Waals surface area contributed by atoms with E-state index in [-0.39, 0.29) is 5.91 Å². The molecule has 0 bridgehead atoms. The molecule has 0 radical (unpaired) electrons. The third kappa shape index (κ3) is 4.42. The van der Waals surface area contributed by atoms with Crippen LogP contribution in [0, 0.1) is 0 Å². The van der Waals surface area contributed by atoms with Crippen molar-refractivity contribution in [2.45, 2.75) is 31.4 Å². The van der Waals surface area contributed by atoms with Gasteiger partial charge in [-0.25, -0.2) is 4.98 Å². The summed E-state index contributed by atoms with van der Waals surface area (Å²) in [6.45, 7) is 2.76. The molecule has 154 valence electrons. The number of aromatic amines is 1. The number of ether oxygens (including phenoxy) is 1. The summed E-state index contributed by atoms with van der Waals surface area (Å²) in [6, 6.07) is 17.9. The van der Waals surface area contributed by atoms with Gasteiger partial charge in [-0.2, -0.15) is 5.10 Å². The van der Waals surface area contributed by atoms with E-state index in [2.05, 4.69) is 37.5 Å². The van der Waals surface area contributed by atoms with Crippen LogP contribution in [0.3, 0.4) is 0 Å². The Kier molecular flexibility index (Phi) is 5.29. The van der Waals surface area contributed by atoms with Crippen molar-refractivity contribution in [3.63, 3.8) is 0 Å². The predicted octanol–water partition coefficient (Wildman–Crippen LogP) is 3.19. The number of carbonyl (C=O) groups is 1. The number of H-pyrrole nitrogens is 1. The van der Waals surface area contributed by atoms with Crippen LogP contribution in [-0.4, -0.2) is 51.8 Å². The number of rotatable bonds is 6. The number of benzene rings is 2. The predicted molar refractivity (Wildman–Crippen MR) is 114 cm³/mol. The zero-order valence-electron chi connectivity index (χ0n) is 16.8. The van der Waals surface area contributed by atoms with Gasteiger partial charge in [-0.1, -0.05) is 42.5 Å². The first-order chi connectivity index (χ1) is 14.7. The van der Waals surface area contributed by atoms with Gasteiger partial charge in [0, 0.05) is 36.8 Å². The van der Waals surface area contributed by atoms with Gasteiger partial charge in [-0.05, 0) is 30.5 Å². The monoisotopic (exact) mass is 403 g/mol. The Labute approximate surface area is 175 Å². The van der Waals surface area contributed by atoms with E-state index >= 15 is 0 Å². The molecule has 1 unspecified atom stereocenters. The van der Waals surface area contributed by atoms with Gasteiger partial charge in [0.15, 0.2) is 5.82 Å². The lowest BCUT2D eigenvalue weighted by atomic mass is 10.1. The molecule has 1 saturated carbocycles. The van der Waals surface area contributed by atoms with Crippen LogP contribution in [0.25, 0.3) is 11.4 Å². The molecule has 30 heavy (non-hydrogen) atoms. The van der Waals surface area contributed by atoms with Gasteiger partial charge in [0.05, 0.1) is 6.61 Å². The quantitative estimate of drug-likeness (QED) is 0.660. The van der Waals surface area contributed by atoms with Crippen LogP contribution >= 0.6 is 0 Å². The van der Waals surface area contributed by atoms with Crippen molar-refractivity contribution in [1.29, 1.82) is 0 Å². The second-order valence-electron chi connectivity index (χ2n) is 7.97. The molecule has 1 atom stereocenters. The van der Waals surface area contributed by atoms with Crippen LogP contribution in [0.1, 0.15) is 30.1 Å². The Morgan fingerprint density at radius 3 is 2.87 bits per heavy atom. The molecule has 7 nitrogen and oxygen atoms in total. The van der Waals surface area contributed by atoms with Crippen LogP contribution in [-0.2, 0) is 16.1 Å². The van der Waals surface area contributed by atoms with Crippen LogP contribution < -0.4 is 5.32 Å². The summed E-state index contributed by atoms with van der Waals surface area (Å²) in [5, 5.41) is 10.3. The van der Waals surface area contributed by atoms with Crippen LogP contribution in [0.5, 0.6) is 0 Å². The van der Waals surface area contributed by atoms with E-state index in [1.54, 1.807) is 0 Å². The molecule has 3 aromatic rings. The smallest absolute Gasteiger partial charge is 0.254 e. The molecule has 2 N–H and O–H groups in total. The maximum Gasteiger partial charge on any atom is 0.254 e. The second-order valence-corrected chi connectivity index (χ2v) is 7.97. The molecule has 0 spiro atoms. The van der Waals surface area contributed by atoms with Crippen LogP contribution in [0.2, 0.25) is 0 Å². The van der Waals surface area contributed by atoms with Crippen LogP contribution in [0.4, 0.5) is 5.69 Å². The van der Waals surface area contributed by atoms with Crippen molar-refractivity contribution in [3.05, 3.63) is 66.0 Å². The number of amides is 1. The number of hydrogen-bond donors (Lipinski definition) is 2. The number of carbonyl (C=O) groups excluding carboxylic acids is 1. The zero-order valence-corrected chi connectivity index (χ0v) is 16.8. The number of nitrogens with one attached hydrogen (secondary N) is 2. The fourth-order valence-corrected chi connectivity index (χ4v) is 3.75. The van der Waals surface area contributed by atoms with E-state index in [1.165, 1.54) is 18.4 Å². The van der Waals surface area contributed by atoms with E-state index in [1.807, 2.05) is 42.5 Å². The lowest BCUT2D eigenvalue weighted by Gasteiger charge is -2.32. The largest absolute Gasteiger partial charge is 0.366 e. The summed E-state index contributed by atoms with van der Waals surface area (Å²) in [6.07, 6.45) is 1.86. The van der Waals surface area contributed by atoms with Crippen LogP contribution in [0.15, 0.2) is 54.6 Å². The van der Waals surface area contributed by atoms with Gasteiger partial charge in [-0.3, -0.25) is 14.8 Å². The topological polar surface area (TPSA) is 83.1 Å². The fourth-order valence-electron chi connectivity index (χ4n) is 3.75. The molecule has 1 amide bonds. The number of nitrogens with zero attached hydrogens (tertiary/aromatic N) is 3. The molecule has 2 fully saturated rings. The summed E-state index contributed by atoms with van der Waals surface area (Å²) in [7, 11) is 0. The maximum atomic E-state index is 12.8. The Bertz CT molecular complexity index is 1020. The minimum Gasteiger partial charge on any atom is -0.366 e. The first-order valence-corrected chi connectivity index (χ1v) is 10.5. The highest BCUT2D eigenvalue weighted by Crippen LogP contribution is 2.38. The lowest BCUT2D eigenvalue weighted by Crippen LogP contribution is -2.47. The average molecular weight is 403 g/mol. The van der Waals surface area contributed by atoms with Gasteiger partial charge in [-0.15, -0.1) is 0 Å². The van der Waals surface area contributed by atoms with Crippen molar-refractivity contribution in [2.75, 3.05) is 25.0 Å². The Hall–Kier alpha value is -3.03. The number of aromatic nitrogens is 3. The van der Waals surface area contributed by atoms with Crippen molar-refractivity contribution >= 4 is 11.6 Å². The molecule has 5 rings (SSSR count). The molecule has 7 heteroatoms. The Morgan fingerprint density at radius 2 is 2.03 bits per heavy atom. The normalized spacial score (nSPS) is 19.5. The van der Waals surface area contributed by atoms with E-state index in [0.717, 1.165) is 30.2 Å². The standard InChI is InChI=1S/C23H25N5O2/c29-23(20-15-28(11-12-30-20)14-16-5-2-1-3-6-16)24-19-8-4-7-18(13-19)22-25-21(26-27-22)17-9-10-17/h1-8,13,17,20H,9-12,14-15H2,(H,24,29)(H,25,26,27). The number of anilines is 1. The summed E-state index contributed by atoms with van der Waals surface area (Å²) in [4.78, 5) is 19.7. The van der Waals surface area contributed by atoms with E-state index in [0.29, 0.717) is 24.9 Å². The summed E-state index contributed by atoms with van der Waals surface area (Å²) >= 11 is 0. The van der Waals surface area contributed by atoms with Gasteiger partial charge in [0.2, 0.25) is 0 Å². The van der Waals surface area contributed by atoms with Gasteiger partial charge in [0.1, 0.15) is 11.9 Å². The van der Waals surface area contributed by atoms with Crippen molar-refractivity contribution in [2.24, 2.45) is 0 Å². The lowest BCUT2D eigenvalue weighted by molar-refractivity contribution is -0.133. The first kappa shape index (κ1) is 19.0. The highest BCUT2D eigenvalue weighted by Gasteiger charge is 2.28. The fraction of sp³-hybridized carbons (Fsp3) is 0.348. The molecule has 1 aliphatic heterocycles. The first-order valence-electron chi connectivity index (χ1n) is 10.5. The number of morpholine rings is 1. The number of hydrogen-bond acceptors (Lipinski definition) is 5. The Morgan fingerprint density at radius 1 is 1.17 bits per heavy atom. The SMILES string of the molecule is O=C(Nc1cccc(-c2n[nH]c(C3CC3)n2)c1)C1CN(Cc2ccccc2)CCO1. The third-order valence-electron chi connectivity index (χ3n) is 5.55. The van der Waals surface area contributed by atoms with Gasteiger partial charge < -0.3 is 10.1 Å². The maximum absolute atomic E-state index is 12.8. The van der Waals surface area contributed by atoms with Crippen molar-refractivity contribution < 1.29 is 9.53 Å². The molecule has 2 aliphatic rings. The minimum absolute atomic E-state index is 0.126. The van der Waals surface area contributed by atoms with E-state index in [9.17, 15) is 4.79 Å². The molecular weight excluding hydrogens is 378 g/mol. The van der Waals surface area contributed by atoms with E-state index < -0.39 is 6.10 Å². The molecule has 1 saturated heterocycles. The van der Waals surface area contributed by atoms with Gasteiger partial charge in [0.25, 0.3) is 5.91 Å². The molecule has 1 aromatic heterocycles. The molecule has 2 aromatic carbocycles. The second kappa shape index (κ2) is 8.38. The molecule has 2 heterocycles. The average Bonchev–Trinajstić information content (AvgIpc) is 3.51. The zero-order chi connectivity index (χ0) is 20.3. The molecular formula is C23H25N5O2. The van der Waals surface area contributed by atoms with E-state index in [4.69, 9.17) is 4.74 Å². The van der Waals surface area contributed by atoms with Crippen molar-refractivity contribution in [1.82, 2.24) is 20.1 Å². The highest BCUT2D eigenvalue weighted by atomic mass is 16.5. The minimum atomic E-state index is -0.490. The summed E-state index contributed by atoms with van der Waals surface area (Å²) in [5.74, 6) is 2.01. The summed E-state index contributed by atoms with van der Waals surface area (Å²) < 4.78 is 5.75.